The number of aromatic nitrogens is 9. The molecular weight excluding hydrogens is 1600 g/mol. The first-order valence-electron chi connectivity index (χ1n) is 44.1. The van der Waals surface area contributed by atoms with Crippen molar-refractivity contribution in [3.63, 3.8) is 0 Å². The fourth-order valence-electron chi connectivity index (χ4n) is 20.3. The summed E-state index contributed by atoms with van der Waals surface area (Å²) in [6, 6.07) is 157. The van der Waals surface area contributed by atoms with E-state index in [4.69, 9.17) is 29.9 Å². The van der Waals surface area contributed by atoms with Gasteiger partial charge in [0, 0.05) is 81.1 Å². The molecule has 7 aromatic heterocycles. The van der Waals surface area contributed by atoms with Gasteiger partial charge in [-0.1, -0.05) is 364 Å². The maximum absolute atomic E-state index is 5.34. The zero-order valence-electron chi connectivity index (χ0n) is 70.1. The van der Waals surface area contributed by atoms with E-state index in [2.05, 4.69) is 384 Å². The van der Waals surface area contributed by atoms with Crippen LogP contribution in [0.4, 0.5) is 0 Å². The number of hydrogen-bond acceptors (Lipinski definition) is 7. The van der Waals surface area contributed by atoms with Crippen molar-refractivity contribution in [2.75, 3.05) is 0 Å². The van der Waals surface area contributed by atoms with Crippen LogP contribution in [-0.2, 0) is 0 Å². The average molecular weight is 1670 g/mol. The lowest BCUT2D eigenvalue weighted by atomic mass is 9.97. The molecule has 28 rings (SSSR count). The number of hydrogen-bond donors (Lipinski definition) is 0. The van der Waals surface area contributed by atoms with Crippen LogP contribution in [0.3, 0.4) is 0 Å². The van der Waals surface area contributed by atoms with E-state index in [0.29, 0.717) is 5.82 Å². The predicted molar refractivity (Wildman–Crippen MR) is 547 cm³/mol. The van der Waals surface area contributed by atoms with E-state index in [9.17, 15) is 0 Å². The maximum Gasteiger partial charge on any atom is 0.165 e. The van der Waals surface area contributed by atoms with Crippen LogP contribution in [0.1, 0.15) is 0 Å². The van der Waals surface area contributed by atoms with E-state index in [1.807, 2.05) is 84.1 Å². The standard InChI is InChI=1S/C46H27N3S.C40H25N3.C34H21N3/c1-2-14-29(15-3-1)43-35-21-8-10-23-37(35)47-46(48-43)30-16-12-17-31(27-30)49-38-26-25-28-13-4-5-18-32(28)41(38)42-34-20-7-6-19-33(34)40-36-22-9-11-24-39(36)50-45(40)44(42)49;1-2-10-26(11-3-1)27-18-20-30(21-19-27)39-40(42-34-17-9-8-16-33(34)41-39)43-35-24-22-28-12-4-6-14-31(28)37(35)38-32-15-7-5-13-29(32)23-25-36(38)43;1-2-12-24(13-3-1)33-34(36-28-17-9-8-16-27(28)35-33)37-29-20-18-22-10-4-6-14-25(22)31(29)32-26-15-7-5-11-23(26)19-21-30(32)37/h1-27H;1-25H;1-21H. The Kier molecular flexibility index (Phi) is 17.3. The van der Waals surface area contributed by atoms with Crippen LogP contribution in [0.25, 0.3) is 257 Å². The second-order valence-corrected chi connectivity index (χ2v) is 34.4. The molecule has 0 spiro atoms. The normalized spacial score (nSPS) is 11.8. The summed E-state index contributed by atoms with van der Waals surface area (Å²) in [6.07, 6.45) is 0. The Morgan fingerprint density at radius 2 is 0.508 bits per heavy atom. The highest BCUT2D eigenvalue weighted by molar-refractivity contribution is 7.27. The number of thiophene rings is 1. The Balaban J connectivity index is 0.000000104. The summed E-state index contributed by atoms with van der Waals surface area (Å²) in [7, 11) is 0. The van der Waals surface area contributed by atoms with Crippen LogP contribution in [0.15, 0.2) is 443 Å². The Morgan fingerprint density at radius 3 is 0.969 bits per heavy atom. The van der Waals surface area contributed by atoms with Gasteiger partial charge in [-0.3, -0.25) is 9.13 Å². The second kappa shape index (κ2) is 30.3. The molecule has 0 aliphatic rings. The molecule has 0 amide bonds. The van der Waals surface area contributed by atoms with Gasteiger partial charge >= 0.3 is 0 Å². The molecule has 10 heteroatoms. The Labute approximate surface area is 749 Å². The molecule has 0 atom stereocenters. The van der Waals surface area contributed by atoms with Crippen molar-refractivity contribution < 1.29 is 0 Å². The highest BCUT2D eigenvalue weighted by Crippen LogP contribution is 2.51. The molecule has 0 fully saturated rings. The fourth-order valence-corrected chi connectivity index (χ4v) is 21.5. The second-order valence-electron chi connectivity index (χ2n) is 33.4. The molecule has 21 aromatic carbocycles. The number of benzene rings is 21. The highest BCUT2D eigenvalue weighted by atomic mass is 32.1. The van der Waals surface area contributed by atoms with Crippen LogP contribution in [0.5, 0.6) is 0 Å². The molecule has 0 N–H and O–H groups in total. The summed E-state index contributed by atoms with van der Waals surface area (Å²) in [5.74, 6) is 2.39. The Hall–Kier alpha value is -17.2. The number of fused-ring (bicyclic) bond motifs is 29. The minimum Gasteiger partial charge on any atom is -0.308 e. The van der Waals surface area contributed by atoms with E-state index < -0.39 is 0 Å². The molecule has 0 radical (unpaired) electrons. The van der Waals surface area contributed by atoms with E-state index >= 15 is 0 Å². The summed E-state index contributed by atoms with van der Waals surface area (Å²) < 4.78 is 9.73. The molecule has 0 aliphatic carbocycles. The summed E-state index contributed by atoms with van der Waals surface area (Å²) in [5, 5.41) is 26.2. The Bertz CT molecular complexity index is 9320. The molecule has 0 saturated heterocycles. The SMILES string of the molecule is c1ccc(-c2ccc(-c3nc4ccccc4nc3-n3c4ccc5ccccc5c4c4c5ccccc5ccc43)cc2)cc1.c1ccc(-c2nc(-c3cccc(-n4c5ccc6ccccc6c5c5c6ccccc6c6c7ccccc7sc6c54)c3)nc3ccccc23)cc1.c1ccc(-c2nc3ccccc3nc2-n2c3ccc4ccccc4c3c3c4ccccc4ccc32)cc1. The lowest BCUT2D eigenvalue weighted by Crippen LogP contribution is -2.03. The monoisotopic (exact) mass is 1670 g/mol. The summed E-state index contributed by atoms with van der Waals surface area (Å²) in [5.41, 5.74) is 21.7. The van der Waals surface area contributed by atoms with Gasteiger partial charge in [-0.05, 0) is 155 Å². The predicted octanol–water partition coefficient (Wildman–Crippen LogP) is 31.8. The van der Waals surface area contributed by atoms with Gasteiger partial charge in [-0.25, -0.2) is 29.9 Å². The molecule has 0 bridgehead atoms. The van der Waals surface area contributed by atoms with Crippen molar-refractivity contribution in [3.05, 3.63) is 443 Å². The molecule has 0 aliphatic heterocycles. The summed E-state index contributed by atoms with van der Waals surface area (Å²) in [6.45, 7) is 0. The van der Waals surface area contributed by atoms with Crippen molar-refractivity contribution in [2.24, 2.45) is 0 Å². The minimum absolute atomic E-state index is 0.716. The van der Waals surface area contributed by atoms with E-state index in [1.165, 1.54) is 139 Å². The van der Waals surface area contributed by atoms with Crippen molar-refractivity contribution in [2.45, 2.75) is 0 Å². The van der Waals surface area contributed by atoms with Gasteiger partial charge in [0.15, 0.2) is 17.5 Å². The third-order valence-corrected chi connectivity index (χ3v) is 27.3. The van der Waals surface area contributed by atoms with Crippen molar-refractivity contribution in [1.29, 1.82) is 0 Å². The van der Waals surface area contributed by atoms with Gasteiger partial charge in [0.25, 0.3) is 0 Å². The van der Waals surface area contributed by atoms with Gasteiger partial charge < -0.3 is 4.57 Å². The molecule has 0 saturated carbocycles. The lowest BCUT2D eigenvalue weighted by Gasteiger charge is -2.14. The zero-order valence-corrected chi connectivity index (χ0v) is 70.9. The van der Waals surface area contributed by atoms with Crippen molar-refractivity contribution in [3.8, 4) is 73.6 Å². The first kappa shape index (κ1) is 74.3. The fraction of sp³-hybridized carbons (Fsp3) is 0. The molecular formula is C120H73N9S. The highest BCUT2D eigenvalue weighted by Gasteiger charge is 2.28. The molecule has 604 valence electrons. The van der Waals surface area contributed by atoms with Crippen LogP contribution in [0, 0.1) is 0 Å². The number of nitrogens with zero attached hydrogens (tertiary/aromatic N) is 9. The van der Waals surface area contributed by atoms with Gasteiger partial charge in [-0.15, -0.1) is 11.3 Å². The maximum atomic E-state index is 5.34. The lowest BCUT2D eigenvalue weighted by molar-refractivity contribution is 1.08. The quantitative estimate of drug-likeness (QED) is 0.150. The molecule has 0 unspecified atom stereocenters. The molecule has 130 heavy (non-hydrogen) atoms. The summed E-state index contributed by atoms with van der Waals surface area (Å²) >= 11 is 1.89. The minimum atomic E-state index is 0.716. The first-order chi connectivity index (χ1) is 64.5. The van der Waals surface area contributed by atoms with Gasteiger partial charge in [0.05, 0.1) is 71.1 Å². The molecule has 28 aromatic rings. The van der Waals surface area contributed by atoms with Gasteiger partial charge in [0.1, 0.15) is 11.4 Å². The average Bonchev–Trinajstić information content (AvgIpc) is 1.53. The van der Waals surface area contributed by atoms with Crippen LogP contribution in [-0.4, -0.2) is 43.6 Å². The van der Waals surface area contributed by atoms with Crippen LogP contribution in [0.2, 0.25) is 0 Å². The smallest absolute Gasteiger partial charge is 0.165 e. The first-order valence-corrected chi connectivity index (χ1v) is 44.9. The van der Waals surface area contributed by atoms with Gasteiger partial charge in [0.2, 0.25) is 0 Å². The topological polar surface area (TPSA) is 92.1 Å². The van der Waals surface area contributed by atoms with Crippen molar-refractivity contribution >= 4 is 195 Å². The largest absolute Gasteiger partial charge is 0.308 e. The number of para-hydroxylation sites is 5. The van der Waals surface area contributed by atoms with Crippen LogP contribution >= 0.6 is 11.3 Å². The Morgan fingerprint density at radius 1 is 0.185 bits per heavy atom. The third-order valence-electron chi connectivity index (χ3n) is 26.1. The third kappa shape index (κ3) is 12.0. The van der Waals surface area contributed by atoms with Crippen molar-refractivity contribution in [1.82, 2.24) is 43.6 Å². The van der Waals surface area contributed by atoms with E-state index in [-0.39, 0.29) is 0 Å². The zero-order chi connectivity index (χ0) is 85.4. The van der Waals surface area contributed by atoms with Gasteiger partial charge in [-0.2, -0.15) is 0 Å². The van der Waals surface area contributed by atoms with E-state index in [0.717, 1.165) is 112 Å². The molecule has 7 heterocycles. The number of rotatable bonds is 8. The molecule has 9 nitrogen and oxygen atoms in total. The summed E-state index contributed by atoms with van der Waals surface area (Å²) in [4.78, 5) is 31.4. The van der Waals surface area contributed by atoms with E-state index in [1.54, 1.807) is 0 Å². The van der Waals surface area contributed by atoms with Crippen LogP contribution < -0.4 is 0 Å².